The molecule has 2 aromatic rings. The maximum atomic E-state index is 12.4. The summed E-state index contributed by atoms with van der Waals surface area (Å²) < 4.78 is 16.6. The Morgan fingerprint density at radius 1 is 1.09 bits per heavy atom. The van der Waals surface area contributed by atoms with E-state index in [9.17, 15) is 4.79 Å². The molecule has 0 aromatic heterocycles. The van der Waals surface area contributed by atoms with Crippen molar-refractivity contribution in [3.05, 3.63) is 60.2 Å². The van der Waals surface area contributed by atoms with E-state index in [0.29, 0.717) is 43.4 Å². The zero-order valence-electron chi connectivity index (χ0n) is 12.7. The summed E-state index contributed by atoms with van der Waals surface area (Å²) in [5.74, 6) is 1.03. The van der Waals surface area contributed by atoms with Crippen LogP contribution in [0.2, 0.25) is 0 Å². The summed E-state index contributed by atoms with van der Waals surface area (Å²) in [6, 6.07) is 16.6. The molecule has 5 nitrogen and oxygen atoms in total. The number of para-hydroxylation sites is 2. The molecule has 2 aromatic carbocycles. The highest BCUT2D eigenvalue weighted by atomic mass is 16.6. The summed E-state index contributed by atoms with van der Waals surface area (Å²) in [7, 11) is 0. The predicted octanol–water partition coefficient (Wildman–Crippen LogP) is 2.62. The lowest BCUT2D eigenvalue weighted by Gasteiger charge is -2.23. The van der Waals surface area contributed by atoms with Crippen LogP contribution in [0.5, 0.6) is 11.5 Å². The standard InChI is InChI=1S/C18H19NO4/c20-18(19-12-15-13-21-10-11-22-15)16-8-4-5-9-17(16)23-14-6-2-1-3-7-14/h1-9,15H,10-13H2,(H,19,20)/t15-/m0/s1. The summed E-state index contributed by atoms with van der Waals surface area (Å²) in [5, 5.41) is 2.87. The molecule has 0 saturated carbocycles. The van der Waals surface area contributed by atoms with Crippen LogP contribution in [-0.4, -0.2) is 38.4 Å². The first-order chi connectivity index (χ1) is 11.3. The Bertz CT molecular complexity index is 638. The van der Waals surface area contributed by atoms with Crippen molar-refractivity contribution < 1.29 is 19.0 Å². The molecule has 1 heterocycles. The normalized spacial score (nSPS) is 17.5. The number of benzene rings is 2. The van der Waals surface area contributed by atoms with Crippen molar-refractivity contribution in [3.8, 4) is 11.5 Å². The average molecular weight is 313 g/mol. The summed E-state index contributed by atoms with van der Waals surface area (Å²) >= 11 is 0. The van der Waals surface area contributed by atoms with Gasteiger partial charge in [-0.15, -0.1) is 0 Å². The first-order valence-electron chi connectivity index (χ1n) is 7.62. The third kappa shape index (κ3) is 4.31. The van der Waals surface area contributed by atoms with Gasteiger partial charge < -0.3 is 19.5 Å². The Kier molecular flexibility index (Phi) is 5.24. The Balaban J connectivity index is 1.65. The molecule has 1 saturated heterocycles. The Morgan fingerprint density at radius 2 is 1.87 bits per heavy atom. The maximum absolute atomic E-state index is 12.4. The second-order valence-electron chi connectivity index (χ2n) is 5.19. The highest BCUT2D eigenvalue weighted by Gasteiger charge is 2.17. The maximum Gasteiger partial charge on any atom is 0.255 e. The van der Waals surface area contributed by atoms with Crippen molar-refractivity contribution in [2.75, 3.05) is 26.4 Å². The van der Waals surface area contributed by atoms with E-state index in [1.165, 1.54) is 0 Å². The number of rotatable bonds is 5. The van der Waals surface area contributed by atoms with E-state index in [2.05, 4.69) is 5.32 Å². The van der Waals surface area contributed by atoms with Gasteiger partial charge in [-0.2, -0.15) is 0 Å². The average Bonchev–Trinajstić information content (AvgIpc) is 2.62. The van der Waals surface area contributed by atoms with Crippen LogP contribution in [0.3, 0.4) is 0 Å². The molecule has 0 spiro atoms. The fourth-order valence-electron chi connectivity index (χ4n) is 2.31. The summed E-state index contributed by atoms with van der Waals surface area (Å²) in [4.78, 5) is 12.4. The van der Waals surface area contributed by atoms with E-state index >= 15 is 0 Å². The molecular formula is C18H19NO4. The Hall–Kier alpha value is -2.37. The minimum absolute atomic E-state index is 0.102. The van der Waals surface area contributed by atoms with Crippen LogP contribution in [0.15, 0.2) is 54.6 Å². The van der Waals surface area contributed by atoms with Gasteiger partial charge >= 0.3 is 0 Å². The monoisotopic (exact) mass is 313 g/mol. The predicted molar refractivity (Wildman–Crippen MR) is 85.9 cm³/mol. The summed E-state index contributed by atoms with van der Waals surface area (Å²) in [5.41, 5.74) is 0.494. The zero-order valence-corrected chi connectivity index (χ0v) is 12.7. The summed E-state index contributed by atoms with van der Waals surface area (Å²) in [6.07, 6.45) is -0.102. The van der Waals surface area contributed by atoms with Crippen LogP contribution in [0, 0.1) is 0 Å². The van der Waals surface area contributed by atoms with Crippen LogP contribution >= 0.6 is 0 Å². The van der Waals surface area contributed by atoms with E-state index in [1.54, 1.807) is 12.1 Å². The SMILES string of the molecule is O=C(NC[C@H]1COCCO1)c1ccccc1Oc1ccccc1. The largest absolute Gasteiger partial charge is 0.457 e. The molecule has 0 radical (unpaired) electrons. The van der Waals surface area contributed by atoms with Gasteiger partial charge in [0.1, 0.15) is 11.5 Å². The number of ether oxygens (including phenoxy) is 3. The minimum Gasteiger partial charge on any atom is -0.457 e. The lowest BCUT2D eigenvalue weighted by atomic mass is 10.2. The highest BCUT2D eigenvalue weighted by molar-refractivity contribution is 5.97. The molecule has 1 amide bonds. The van der Waals surface area contributed by atoms with Crippen molar-refractivity contribution in [1.29, 1.82) is 0 Å². The summed E-state index contributed by atoms with van der Waals surface area (Å²) in [6.45, 7) is 2.09. The first-order valence-corrected chi connectivity index (χ1v) is 7.62. The molecule has 5 heteroatoms. The van der Waals surface area contributed by atoms with E-state index in [-0.39, 0.29) is 12.0 Å². The molecule has 1 fully saturated rings. The van der Waals surface area contributed by atoms with Crippen LogP contribution < -0.4 is 10.1 Å². The number of carbonyl (C=O) groups is 1. The number of hydrogen-bond acceptors (Lipinski definition) is 4. The van der Waals surface area contributed by atoms with E-state index in [0.717, 1.165) is 0 Å². The second kappa shape index (κ2) is 7.76. The quantitative estimate of drug-likeness (QED) is 0.922. The fourth-order valence-corrected chi connectivity index (χ4v) is 2.31. The van der Waals surface area contributed by atoms with Gasteiger partial charge in [0.2, 0.25) is 0 Å². The second-order valence-corrected chi connectivity index (χ2v) is 5.19. The van der Waals surface area contributed by atoms with Gasteiger partial charge in [-0.25, -0.2) is 0 Å². The lowest BCUT2D eigenvalue weighted by Crippen LogP contribution is -2.39. The van der Waals surface area contributed by atoms with Crippen LogP contribution in [-0.2, 0) is 9.47 Å². The molecule has 0 aliphatic carbocycles. The Morgan fingerprint density at radius 3 is 2.65 bits per heavy atom. The topological polar surface area (TPSA) is 56.8 Å². The van der Waals surface area contributed by atoms with Crippen molar-refractivity contribution in [2.45, 2.75) is 6.10 Å². The van der Waals surface area contributed by atoms with Gasteiger partial charge in [0.25, 0.3) is 5.91 Å². The molecule has 1 N–H and O–H groups in total. The van der Waals surface area contributed by atoms with Crippen molar-refractivity contribution in [1.82, 2.24) is 5.32 Å². The van der Waals surface area contributed by atoms with Crippen LogP contribution in [0.25, 0.3) is 0 Å². The molecule has 120 valence electrons. The molecule has 3 rings (SSSR count). The highest BCUT2D eigenvalue weighted by Crippen LogP contribution is 2.24. The Labute approximate surface area is 135 Å². The number of hydrogen-bond donors (Lipinski definition) is 1. The molecule has 1 aliphatic rings. The van der Waals surface area contributed by atoms with Crippen molar-refractivity contribution in [2.24, 2.45) is 0 Å². The lowest BCUT2D eigenvalue weighted by molar-refractivity contribution is -0.0855. The zero-order chi connectivity index (χ0) is 15.9. The van der Waals surface area contributed by atoms with Gasteiger partial charge in [0, 0.05) is 6.54 Å². The molecular weight excluding hydrogens is 294 g/mol. The van der Waals surface area contributed by atoms with Gasteiger partial charge in [0.05, 0.1) is 31.5 Å². The van der Waals surface area contributed by atoms with E-state index in [4.69, 9.17) is 14.2 Å². The molecule has 1 atom stereocenters. The minimum atomic E-state index is -0.189. The fraction of sp³-hybridized carbons (Fsp3) is 0.278. The molecule has 23 heavy (non-hydrogen) atoms. The van der Waals surface area contributed by atoms with Gasteiger partial charge in [-0.3, -0.25) is 4.79 Å². The first kappa shape index (κ1) is 15.5. The van der Waals surface area contributed by atoms with Gasteiger partial charge in [0.15, 0.2) is 0 Å². The van der Waals surface area contributed by atoms with Gasteiger partial charge in [-0.1, -0.05) is 30.3 Å². The smallest absolute Gasteiger partial charge is 0.255 e. The van der Waals surface area contributed by atoms with Crippen molar-refractivity contribution >= 4 is 5.91 Å². The number of carbonyl (C=O) groups excluding carboxylic acids is 1. The van der Waals surface area contributed by atoms with Crippen LogP contribution in [0.4, 0.5) is 0 Å². The third-order valence-corrected chi connectivity index (χ3v) is 3.48. The molecule has 0 unspecified atom stereocenters. The van der Waals surface area contributed by atoms with Crippen LogP contribution in [0.1, 0.15) is 10.4 Å². The number of nitrogens with one attached hydrogen (secondary N) is 1. The number of amides is 1. The van der Waals surface area contributed by atoms with E-state index in [1.807, 2.05) is 42.5 Å². The molecule has 0 bridgehead atoms. The molecule has 1 aliphatic heterocycles. The third-order valence-electron chi connectivity index (χ3n) is 3.48. The van der Waals surface area contributed by atoms with Gasteiger partial charge in [-0.05, 0) is 24.3 Å². The van der Waals surface area contributed by atoms with E-state index < -0.39 is 0 Å². The van der Waals surface area contributed by atoms with Crippen molar-refractivity contribution in [3.63, 3.8) is 0 Å².